The Kier molecular flexibility index (Phi) is 7.34. The van der Waals surface area contributed by atoms with Crippen molar-refractivity contribution < 1.29 is 13.2 Å². The maximum absolute atomic E-state index is 13.3. The average Bonchev–Trinajstić information content (AvgIpc) is 3.11. The molecule has 174 valence electrons. The second-order valence-electron chi connectivity index (χ2n) is 9.01. The monoisotopic (exact) mass is 475 g/mol. The first-order chi connectivity index (χ1) is 15.3. The van der Waals surface area contributed by atoms with Crippen LogP contribution in [0, 0.1) is 19.8 Å². The van der Waals surface area contributed by atoms with Crippen LogP contribution in [0.5, 0.6) is 0 Å². The standard InChI is InChI=1S/C24H33N3O3S2/c1-19-6-9-21(10-7-19)17-25-12-4-13-26(16-15-25)24(28)22-5-3-14-27(18-22)32(29,30)23-11-8-20(2)31-23/h6-11,22H,3-5,12-18H2,1-2H3. The molecule has 4 rings (SSSR count). The van der Waals surface area contributed by atoms with E-state index < -0.39 is 10.0 Å². The van der Waals surface area contributed by atoms with Gasteiger partial charge in [0.15, 0.2) is 0 Å². The first-order valence-electron chi connectivity index (χ1n) is 11.5. The zero-order valence-electron chi connectivity index (χ0n) is 19.0. The highest BCUT2D eigenvalue weighted by Crippen LogP contribution is 2.29. The van der Waals surface area contributed by atoms with Crippen molar-refractivity contribution in [2.24, 2.45) is 5.92 Å². The minimum Gasteiger partial charge on any atom is -0.341 e. The molecule has 2 aliphatic rings. The SMILES string of the molecule is Cc1ccc(CN2CCCN(C(=O)C3CCCN(S(=O)(=O)c4ccc(C)s4)C3)CC2)cc1. The van der Waals surface area contributed by atoms with Crippen LogP contribution in [0.4, 0.5) is 0 Å². The minimum atomic E-state index is -3.52. The quantitative estimate of drug-likeness (QED) is 0.664. The molecule has 0 bridgehead atoms. The molecule has 0 aliphatic carbocycles. The van der Waals surface area contributed by atoms with Crippen LogP contribution in [0.1, 0.15) is 35.3 Å². The first-order valence-corrected chi connectivity index (χ1v) is 13.7. The van der Waals surface area contributed by atoms with E-state index in [9.17, 15) is 13.2 Å². The molecule has 1 atom stereocenters. The molecule has 0 radical (unpaired) electrons. The predicted octanol–water partition coefficient (Wildman–Crippen LogP) is 3.50. The largest absolute Gasteiger partial charge is 0.341 e. The van der Waals surface area contributed by atoms with Crippen LogP contribution in [-0.4, -0.2) is 67.7 Å². The summed E-state index contributed by atoms with van der Waals surface area (Å²) in [5, 5.41) is 0. The molecule has 1 amide bonds. The Bertz CT molecular complexity index is 1030. The third kappa shape index (κ3) is 5.42. The number of amides is 1. The van der Waals surface area contributed by atoms with Gasteiger partial charge < -0.3 is 4.90 Å². The highest BCUT2D eigenvalue weighted by molar-refractivity contribution is 7.91. The molecule has 2 saturated heterocycles. The molecule has 6 nitrogen and oxygen atoms in total. The summed E-state index contributed by atoms with van der Waals surface area (Å²) in [5.41, 5.74) is 2.56. The number of piperidine rings is 1. The van der Waals surface area contributed by atoms with Crippen LogP contribution in [0.25, 0.3) is 0 Å². The van der Waals surface area contributed by atoms with Crippen molar-refractivity contribution in [3.63, 3.8) is 0 Å². The molecule has 0 saturated carbocycles. The number of rotatable bonds is 5. The molecule has 0 spiro atoms. The first kappa shape index (κ1) is 23.4. The number of hydrogen-bond acceptors (Lipinski definition) is 5. The van der Waals surface area contributed by atoms with Gasteiger partial charge in [0, 0.05) is 50.7 Å². The summed E-state index contributed by atoms with van der Waals surface area (Å²) in [7, 11) is -3.52. The van der Waals surface area contributed by atoms with Crippen LogP contribution in [0.15, 0.2) is 40.6 Å². The Morgan fingerprint density at radius 2 is 1.75 bits per heavy atom. The smallest absolute Gasteiger partial charge is 0.252 e. The van der Waals surface area contributed by atoms with Crippen LogP contribution >= 0.6 is 11.3 Å². The van der Waals surface area contributed by atoms with Crippen LogP contribution in [-0.2, 0) is 21.4 Å². The summed E-state index contributed by atoms with van der Waals surface area (Å²) in [4.78, 5) is 18.7. The van der Waals surface area contributed by atoms with Crippen molar-refractivity contribution >= 4 is 27.3 Å². The number of carbonyl (C=O) groups is 1. The number of hydrogen-bond donors (Lipinski definition) is 0. The molecule has 2 aliphatic heterocycles. The fourth-order valence-corrected chi connectivity index (χ4v) is 7.56. The lowest BCUT2D eigenvalue weighted by Gasteiger charge is -2.33. The van der Waals surface area contributed by atoms with Gasteiger partial charge >= 0.3 is 0 Å². The molecule has 2 aromatic rings. The summed E-state index contributed by atoms with van der Waals surface area (Å²) in [6, 6.07) is 12.2. The summed E-state index contributed by atoms with van der Waals surface area (Å²) in [6.07, 6.45) is 2.44. The molecule has 1 aromatic heterocycles. The third-order valence-corrected chi connectivity index (χ3v) is 9.80. The van der Waals surface area contributed by atoms with Gasteiger partial charge in [-0.2, -0.15) is 4.31 Å². The molecule has 3 heterocycles. The van der Waals surface area contributed by atoms with E-state index in [-0.39, 0.29) is 11.8 Å². The second-order valence-corrected chi connectivity index (χ2v) is 12.5. The number of benzene rings is 1. The zero-order chi connectivity index (χ0) is 22.7. The van der Waals surface area contributed by atoms with Crippen LogP contribution < -0.4 is 0 Å². The van der Waals surface area contributed by atoms with Gasteiger partial charge in [-0.1, -0.05) is 29.8 Å². The number of aryl methyl sites for hydroxylation is 2. The molecule has 1 unspecified atom stereocenters. The third-order valence-electron chi connectivity index (χ3n) is 6.47. The molecule has 8 heteroatoms. The Balaban J connectivity index is 1.35. The Morgan fingerprint density at radius 1 is 0.969 bits per heavy atom. The molecular weight excluding hydrogens is 442 g/mol. The van der Waals surface area contributed by atoms with E-state index in [4.69, 9.17) is 0 Å². The van der Waals surface area contributed by atoms with Crippen molar-refractivity contribution in [1.29, 1.82) is 0 Å². The van der Waals surface area contributed by atoms with Gasteiger partial charge in [-0.25, -0.2) is 8.42 Å². The topological polar surface area (TPSA) is 60.9 Å². The molecule has 32 heavy (non-hydrogen) atoms. The Labute approximate surface area is 195 Å². The van der Waals surface area contributed by atoms with Crippen molar-refractivity contribution in [3.8, 4) is 0 Å². The zero-order valence-corrected chi connectivity index (χ0v) is 20.6. The molecular formula is C24H33N3O3S2. The summed E-state index contributed by atoms with van der Waals surface area (Å²) in [5.74, 6) is -0.132. The van der Waals surface area contributed by atoms with E-state index in [1.165, 1.54) is 26.8 Å². The van der Waals surface area contributed by atoms with Crippen molar-refractivity contribution in [1.82, 2.24) is 14.1 Å². The summed E-state index contributed by atoms with van der Waals surface area (Å²) in [6.45, 7) is 8.97. The lowest BCUT2D eigenvalue weighted by atomic mass is 9.98. The number of sulfonamides is 1. The second kappa shape index (κ2) is 10.0. The van der Waals surface area contributed by atoms with E-state index in [2.05, 4.69) is 36.1 Å². The maximum Gasteiger partial charge on any atom is 0.252 e. The van der Waals surface area contributed by atoms with Crippen LogP contribution in [0.3, 0.4) is 0 Å². The van der Waals surface area contributed by atoms with E-state index >= 15 is 0 Å². The normalized spacial score (nSPS) is 21.4. The van der Waals surface area contributed by atoms with Gasteiger partial charge in [-0.3, -0.25) is 9.69 Å². The average molecular weight is 476 g/mol. The van der Waals surface area contributed by atoms with Gasteiger partial charge in [0.1, 0.15) is 4.21 Å². The van der Waals surface area contributed by atoms with E-state index in [1.54, 1.807) is 6.07 Å². The highest BCUT2D eigenvalue weighted by atomic mass is 32.2. The Hall–Kier alpha value is -1.74. The van der Waals surface area contributed by atoms with Gasteiger partial charge in [0.25, 0.3) is 10.0 Å². The summed E-state index contributed by atoms with van der Waals surface area (Å²) >= 11 is 1.30. The van der Waals surface area contributed by atoms with Crippen molar-refractivity contribution in [2.75, 3.05) is 39.3 Å². The molecule has 1 aromatic carbocycles. The minimum absolute atomic E-state index is 0.115. The number of nitrogens with zero attached hydrogens (tertiary/aromatic N) is 3. The van der Waals surface area contributed by atoms with Gasteiger partial charge in [0.2, 0.25) is 5.91 Å². The van der Waals surface area contributed by atoms with E-state index in [1.807, 2.05) is 17.9 Å². The fourth-order valence-electron chi connectivity index (χ4n) is 4.60. The molecule has 0 N–H and O–H groups in total. The Morgan fingerprint density at radius 3 is 2.47 bits per heavy atom. The summed E-state index contributed by atoms with van der Waals surface area (Å²) < 4.78 is 28.0. The van der Waals surface area contributed by atoms with Crippen molar-refractivity contribution in [2.45, 2.75) is 43.9 Å². The maximum atomic E-state index is 13.3. The highest BCUT2D eigenvalue weighted by Gasteiger charge is 2.36. The number of carbonyl (C=O) groups excluding carboxylic acids is 1. The van der Waals surface area contributed by atoms with Crippen LogP contribution in [0.2, 0.25) is 0 Å². The predicted molar refractivity (Wildman–Crippen MR) is 128 cm³/mol. The molecule has 2 fully saturated rings. The lowest BCUT2D eigenvalue weighted by molar-refractivity contribution is -0.136. The van der Waals surface area contributed by atoms with Crippen molar-refractivity contribution in [3.05, 3.63) is 52.4 Å². The van der Waals surface area contributed by atoms with Gasteiger partial charge in [0.05, 0.1) is 5.92 Å². The van der Waals surface area contributed by atoms with Gasteiger partial charge in [-0.15, -0.1) is 11.3 Å². The van der Waals surface area contributed by atoms with E-state index in [0.29, 0.717) is 23.8 Å². The van der Waals surface area contributed by atoms with Gasteiger partial charge in [-0.05, 0) is 50.8 Å². The lowest BCUT2D eigenvalue weighted by Crippen LogP contribution is -2.47. The van der Waals surface area contributed by atoms with E-state index in [0.717, 1.165) is 50.3 Å². The fraction of sp³-hybridized carbons (Fsp3) is 0.542. The number of thiophene rings is 1.